The van der Waals surface area contributed by atoms with Gasteiger partial charge in [0.25, 0.3) is 0 Å². The van der Waals surface area contributed by atoms with Gasteiger partial charge in [0, 0.05) is 23.9 Å². The van der Waals surface area contributed by atoms with Gasteiger partial charge in [0.1, 0.15) is 11.5 Å². The fourth-order valence-electron chi connectivity index (χ4n) is 2.32. The van der Waals surface area contributed by atoms with Crippen LogP contribution >= 0.6 is 11.8 Å². The number of hydrogen-bond acceptors (Lipinski definition) is 6. The molecular weight excluding hydrogens is 370 g/mol. The summed E-state index contributed by atoms with van der Waals surface area (Å²) in [5.74, 6) is 1.12. The standard InChI is InChI=1S/C18H17N3O5S/c1-24-14-8-6-13(7-9-14)21-17(18(23)26-20-21)27-11-16(22)19-12-4-3-5-15(10-12)25-2/h3-10H,11H2,1-2H3,(H-,19,20,22,23)/p+1. The second-order valence-corrected chi connectivity index (χ2v) is 6.35. The second kappa shape index (κ2) is 8.45. The van der Waals surface area contributed by atoms with Crippen molar-refractivity contribution < 1.29 is 23.5 Å². The average molecular weight is 388 g/mol. The van der Waals surface area contributed by atoms with E-state index in [0.29, 0.717) is 22.9 Å². The van der Waals surface area contributed by atoms with Gasteiger partial charge in [0.15, 0.2) is 0 Å². The van der Waals surface area contributed by atoms with Gasteiger partial charge in [-0.15, -0.1) is 0 Å². The highest BCUT2D eigenvalue weighted by atomic mass is 32.2. The maximum Gasteiger partial charge on any atom is 0.442 e. The molecule has 0 radical (unpaired) electrons. The van der Waals surface area contributed by atoms with E-state index in [1.165, 1.54) is 4.68 Å². The number of ether oxygens (including phenoxy) is 2. The molecule has 3 rings (SSSR count). The lowest BCUT2D eigenvalue weighted by atomic mass is 10.3. The quantitative estimate of drug-likeness (QED) is 0.475. The number of anilines is 1. The van der Waals surface area contributed by atoms with Crippen molar-refractivity contribution >= 4 is 23.4 Å². The third kappa shape index (κ3) is 4.50. The molecule has 0 spiro atoms. The number of aromatic nitrogens is 2. The van der Waals surface area contributed by atoms with E-state index in [-0.39, 0.29) is 16.7 Å². The number of aromatic amines is 1. The highest BCUT2D eigenvalue weighted by Crippen LogP contribution is 2.18. The van der Waals surface area contributed by atoms with Crippen LogP contribution in [-0.2, 0) is 4.79 Å². The summed E-state index contributed by atoms with van der Waals surface area (Å²) in [6, 6.07) is 14.1. The maximum absolute atomic E-state index is 12.2. The van der Waals surface area contributed by atoms with E-state index in [0.717, 1.165) is 11.8 Å². The molecule has 27 heavy (non-hydrogen) atoms. The molecule has 1 heterocycles. The summed E-state index contributed by atoms with van der Waals surface area (Å²) in [7, 11) is 3.13. The molecule has 0 bridgehead atoms. The molecule has 0 saturated carbocycles. The number of benzene rings is 2. The van der Waals surface area contributed by atoms with Crippen LogP contribution in [0.15, 0.2) is 62.9 Å². The Morgan fingerprint density at radius 2 is 1.89 bits per heavy atom. The number of carbonyl (C=O) groups excluding carboxylic acids is 1. The minimum Gasteiger partial charge on any atom is -0.497 e. The van der Waals surface area contributed by atoms with Crippen LogP contribution in [0.4, 0.5) is 5.69 Å². The van der Waals surface area contributed by atoms with Crippen molar-refractivity contribution in [1.29, 1.82) is 0 Å². The first kappa shape index (κ1) is 18.6. The monoisotopic (exact) mass is 388 g/mol. The molecule has 0 aliphatic heterocycles. The van der Waals surface area contributed by atoms with Crippen molar-refractivity contribution in [2.24, 2.45) is 0 Å². The molecule has 0 atom stereocenters. The third-order valence-electron chi connectivity index (χ3n) is 3.63. The Morgan fingerprint density at radius 1 is 1.15 bits per heavy atom. The Kier molecular flexibility index (Phi) is 5.82. The van der Waals surface area contributed by atoms with Crippen LogP contribution in [-0.4, -0.2) is 31.2 Å². The zero-order valence-corrected chi connectivity index (χ0v) is 15.5. The first-order chi connectivity index (χ1) is 13.1. The van der Waals surface area contributed by atoms with E-state index in [4.69, 9.17) is 14.0 Å². The number of amides is 1. The number of nitrogens with one attached hydrogen (secondary N) is 2. The molecule has 1 aromatic heterocycles. The molecule has 0 fully saturated rings. The van der Waals surface area contributed by atoms with Gasteiger partial charge in [0.05, 0.1) is 20.0 Å². The SMILES string of the molecule is COc1ccc(-[n+]2[nH]oc(=O)c2SCC(=O)Nc2cccc(OC)c2)cc1. The molecule has 140 valence electrons. The fraction of sp³-hybridized carbons (Fsp3) is 0.167. The van der Waals surface area contributed by atoms with Gasteiger partial charge in [-0.05, 0) is 46.0 Å². The van der Waals surface area contributed by atoms with E-state index in [1.54, 1.807) is 62.8 Å². The minimum absolute atomic E-state index is 0.0377. The topological polar surface area (TPSA) is 97.4 Å². The summed E-state index contributed by atoms with van der Waals surface area (Å²) in [6.07, 6.45) is 0. The van der Waals surface area contributed by atoms with Crippen molar-refractivity contribution in [3.8, 4) is 17.2 Å². The van der Waals surface area contributed by atoms with Crippen LogP contribution in [0.1, 0.15) is 0 Å². The Bertz CT molecular complexity index is 981. The molecule has 2 aromatic carbocycles. The van der Waals surface area contributed by atoms with Crippen molar-refractivity contribution in [1.82, 2.24) is 5.27 Å². The van der Waals surface area contributed by atoms with E-state index in [1.807, 2.05) is 0 Å². The van der Waals surface area contributed by atoms with E-state index >= 15 is 0 Å². The van der Waals surface area contributed by atoms with Crippen LogP contribution < -0.4 is 25.1 Å². The molecule has 1 amide bonds. The highest BCUT2D eigenvalue weighted by Gasteiger charge is 2.25. The lowest BCUT2D eigenvalue weighted by Crippen LogP contribution is -2.36. The lowest BCUT2D eigenvalue weighted by Gasteiger charge is -2.05. The third-order valence-corrected chi connectivity index (χ3v) is 4.66. The predicted octanol–water partition coefficient (Wildman–Crippen LogP) is 1.99. The van der Waals surface area contributed by atoms with Crippen LogP contribution in [0, 0.1) is 0 Å². The summed E-state index contributed by atoms with van der Waals surface area (Å²) >= 11 is 1.07. The Labute approximate surface area is 159 Å². The zero-order chi connectivity index (χ0) is 19.2. The number of nitrogens with zero attached hydrogens (tertiary/aromatic N) is 1. The van der Waals surface area contributed by atoms with Crippen LogP contribution in [0.3, 0.4) is 0 Å². The number of rotatable bonds is 7. The largest absolute Gasteiger partial charge is 0.497 e. The molecule has 0 saturated heterocycles. The van der Waals surface area contributed by atoms with Gasteiger partial charge in [-0.2, -0.15) is 0 Å². The van der Waals surface area contributed by atoms with Crippen LogP contribution in [0.2, 0.25) is 0 Å². The van der Waals surface area contributed by atoms with Gasteiger partial charge in [-0.25, -0.2) is 4.79 Å². The number of hydrogen-bond donors (Lipinski definition) is 2. The Morgan fingerprint density at radius 3 is 2.59 bits per heavy atom. The van der Waals surface area contributed by atoms with E-state index in [2.05, 4.69) is 10.6 Å². The van der Waals surface area contributed by atoms with Crippen molar-refractivity contribution in [3.05, 3.63) is 59.0 Å². The molecule has 2 N–H and O–H groups in total. The van der Waals surface area contributed by atoms with Gasteiger partial charge in [-0.1, -0.05) is 6.07 Å². The van der Waals surface area contributed by atoms with Crippen molar-refractivity contribution in [2.75, 3.05) is 25.3 Å². The Balaban J connectivity index is 1.69. The molecule has 8 nitrogen and oxygen atoms in total. The number of H-pyrrole nitrogens is 1. The van der Waals surface area contributed by atoms with Crippen molar-refractivity contribution in [2.45, 2.75) is 5.03 Å². The van der Waals surface area contributed by atoms with Crippen LogP contribution in [0.5, 0.6) is 11.5 Å². The first-order valence-corrected chi connectivity index (χ1v) is 8.94. The lowest BCUT2D eigenvalue weighted by molar-refractivity contribution is -0.704. The van der Waals surface area contributed by atoms with Gasteiger partial charge in [-0.3, -0.25) is 9.32 Å². The zero-order valence-electron chi connectivity index (χ0n) is 14.7. The van der Waals surface area contributed by atoms with Gasteiger partial charge >= 0.3 is 10.7 Å². The predicted molar refractivity (Wildman–Crippen MR) is 99.8 cm³/mol. The number of methoxy groups -OCH3 is 2. The van der Waals surface area contributed by atoms with E-state index < -0.39 is 5.63 Å². The highest BCUT2D eigenvalue weighted by molar-refractivity contribution is 7.99. The molecule has 3 aromatic rings. The summed E-state index contributed by atoms with van der Waals surface area (Å²) < 4.78 is 16.6. The Hall–Kier alpha value is -3.20. The fourth-order valence-corrected chi connectivity index (χ4v) is 3.09. The molecular formula is C18H18N3O5S+. The normalized spacial score (nSPS) is 10.4. The second-order valence-electron chi connectivity index (χ2n) is 5.39. The maximum atomic E-state index is 12.2. The number of thioether (sulfide) groups is 1. The number of carbonyl (C=O) groups is 1. The average Bonchev–Trinajstić information content (AvgIpc) is 3.07. The summed E-state index contributed by atoms with van der Waals surface area (Å²) in [6.45, 7) is 0. The van der Waals surface area contributed by atoms with Gasteiger partial charge < -0.3 is 14.8 Å². The van der Waals surface area contributed by atoms with Crippen molar-refractivity contribution in [3.63, 3.8) is 0 Å². The summed E-state index contributed by atoms with van der Waals surface area (Å²) in [4.78, 5) is 24.2. The summed E-state index contributed by atoms with van der Waals surface area (Å²) in [5, 5.41) is 5.56. The van der Waals surface area contributed by atoms with E-state index in [9.17, 15) is 9.59 Å². The minimum atomic E-state index is -0.551. The molecule has 9 heteroatoms. The first-order valence-electron chi connectivity index (χ1n) is 7.95. The molecule has 0 aliphatic rings. The summed E-state index contributed by atoms with van der Waals surface area (Å²) in [5.41, 5.74) is 0.742. The van der Waals surface area contributed by atoms with Crippen LogP contribution in [0.25, 0.3) is 5.69 Å². The smallest absolute Gasteiger partial charge is 0.442 e. The van der Waals surface area contributed by atoms with Gasteiger partial charge in [0.2, 0.25) is 11.6 Å². The molecule has 0 aliphatic carbocycles. The molecule has 0 unspecified atom stereocenters.